The predicted octanol–water partition coefficient (Wildman–Crippen LogP) is 2.92. The molecule has 3 aromatic rings. The van der Waals surface area contributed by atoms with Gasteiger partial charge in [0, 0.05) is 32.3 Å². The van der Waals surface area contributed by atoms with Gasteiger partial charge >= 0.3 is 0 Å². The molecule has 1 atom stereocenters. The summed E-state index contributed by atoms with van der Waals surface area (Å²) in [5, 5.41) is 12.3. The van der Waals surface area contributed by atoms with Crippen LogP contribution in [0.5, 0.6) is 5.75 Å². The van der Waals surface area contributed by atoms with E-state index in [0.717, 1.165) is 5.82 Å². The van der Waals surface area contributed by atoms with Crippen LogP contribution in [-0.2, 0) is 17.8 Å². The van der Waals surface area contributed by atoms with Crippen LogP contribution in [0.1, 0.15) is 42.0 Å². The van der Waals surface area contributed by atoms with Gasteiger partial charge in [-0.2, -0.15) is 0 Å². The predicted molar refractivity (Wildman–Crippen MR) is 127 cm³/mol. The van der Waals surface area contributed by atoms with Crippen molar-refractivity contribution in [3.8, 4) is 5.75 Å². The molecule has 0 saturated carbocycles. The van der Waals surface area contributed by atoms with E-state index in [2.05, 4.69) is 20.5 Å². The van der Waals surface area contributed by atoms with Gasteiger partial charge in [-0.15, -0.1) is 10.2 Å². The zero-order chi connectivity index (χ0) is 24.1. The number of rotatable bonds is 7. The maximum absolute atomic E-state index is 12.8. The quantitative estimate of drug-likeness (QED) is 0.555. The van der Waals surface area contributed by atoms with Crippen LogP contribution in [-0.4, -0.2) is 56.2 Å². The van der Waals surface area contributed by atoms with E-state index >= 15 is 0 Å². The molecule has 1 aliphatic rings. The largest absolute Gasteiger partial charge is 0.482 e. The van der Waals surface area contributed by atoms with Crippen LogP contribution in [0.3, 0.4) is 0 Å². The van der Waals surface area contributed by atoms with Gasteiger partial charge in [0.2, 0.25) is 0 Å². The number of hydrogen-bond donors (Lipinski definition) is 1. The Labute approximate surface area is 203 Å². The Morgan fingerprint density at radius 1 is 1.09 bits per heavy atom. The molecule has 3 heterocycles. The fourth-order valence-electron chi connectivity index (χ4n) is 3.86. The number of nitrogens with zero attached hydrogens (tertiary/aromatic N) is 5. The standard InChI is InChI=1S/C24H27ClN6O3/c1-16(2)22(27-24(33)18-8-5-6-11-26-18)23-29-28-20-10-12-30(13-14-31(20)23)21(32)15-34-19-9-4-3-7-17(19)25/h3-9,11,16,22H,10,12-15H2,1-2H3,(H,27,33). The number of halogens is 1. The van der Waals surface area contributed by atoms with E-state index < -0.39 is 0 Å². The van der Waals surface area contributed by atoms with E-state index in [1.165, 1.54) is 0 Å². The smallest absolute Gasteiger partial charge is 0.270 e. The number of carbonyl (C=O) groups excluding carboxylic acids is 2. The molecule has 0 bridgehead atoms. The fourth-order valence-corrected chi connectivity index (χ4v) is 4.05. The molecule has 0 aliphatic carbocycles. The summed E-state index contributed by atoms with van der Waals surface area (Å²) >= 11 is 6.11. The highest BCUT2D eigenvalue weighted by Gasteiger charge is 2.29. The highest BCUT2D eigenvalue weighted by Crippen LogP contribution is 2.24. The van der Waals surface area contributed by atoms with Crippen LogP contribution in [0.15, 0.2) is 48.7 Å². The van der Waals surface area contributed by atoms with Crippen molar-refractivity contribution in [2.45, 2.75) is 32.9 Å². The van der Waals surface area contributed by atoms with Crippen molar-refractivity contribution in [2.75, 3.05) is 19.7 Å². The van der Waals surface area contributed by atoms with Crippen LogP contribution >= 0.6 is 11.6 Å². The Hall–Kier alpha value is -3.46. The van der Waals surface area contributed by atoms with Gasteiger partial charge in [0.15, 0.2) is 12.4 Å². The van der Waals surface area contributed by atoms with Crippen molar-refractivity contribution in [1.82, 2.24) is 30.0 Å². The lowest BCUT2D eigenvalue weighted by molar-refractivity contribution is -0.133. The summed E-state index contributed by atoms with van der Waals surface area (Å²) < 4.78 is 7.62. The number of para-hydroxylation sites is 1. The Balaban J connectivity index is 1.43. The van der Waals surface area contributed by atoms with Gasteiger partial charge < -0.3 is 19.5 Å². The van der Waals surface area contributed by atoms with Crippen molar-refractivity contribution in [1.29, 1.82) is 0 Å². The Kier molecular flexibility index (Phi) is 7.42. The number of aromatic nitrogens is 4. The lowest BCUT2D eigenvalue weighted by atomic mass is 10.0. The number of nitrogens with one attached hydrogen (secondary N) is 1. The van der Waals surface area contributed by atoms with E-state index in [0.29, 0.717) is 48.3 Å². The topological polar surface area (TPSA) is 102 Å². The Bertz CT molecular complexity index is 1150. The van der Waals surface area contributed by atoms with Gasteiger partial charge in [-0.25, -0.2) is 0 Å². The van der Waals surface area contributed by atoms with Gasteiger partial charge in [-0.3, -0.25) is 14.6 Å². The number of ether oxygens (including phenoxy) is 1. The molecule has 1 N–H and O–H groups in total. The first-order chi connectivity index (χ1) is 16.4. The first-order valence-corrected chi connectivity index (χ1v) is 11.6. The van der Waals surface area contributed by atoms with Gasteiger partial charge in [0.25, 0.3) is 11.8 Å². The summed E-state index contributed by atoms with van der Waals surface area (Å²) in [6, 6.07) is 11.9. The number of amides is 2. The minimum Gasteiger partial charge on any atom is -0.482 e. The number of hydrogen-bond acceptors (Lipinski definition) is 6. The highest BCUT2D eigenvalue weighted by atomic mass is 35.5. The Morgan fingerprint density at radius 2 is 1.88 bits per heavy atom. The normalized spacial score (nSPS) is 14.3. The summed E-state index contributed by atoms with van der Waals surface area (Å²) in [7, 11) is 0. The average molecular weight is 483 g/mol. The fraction of sp³-hybridized carbons (Fsp3) is 0.375. The number of pyridine rings is 1. The minimum atomic E-state index is -0.346. The molecule has 2 aromatic heterocycles. The molecule has 178 valence electrons. The third-order valence-electron chi connectivity index (χ3n) is 5.72. The molecule has 0 saturated heterocycles. The van der Waals surface area contributed by atoms with Crippen LogP contribution < -0.4 is 10.1 Å². The van der Waals surface area contributed by atoms with Crippen LogP contribution in [0.4, 0.5) is 0 Å². The third-order valence-corrected chi connectivity index (χ3v) is 6.04. The van der Waals surface area contributed by atoms with Crippen molar-refractivity contribution in [2.24, 2.45) is 5.92 Å². The minimum absolute atomic E-state index is 0.0750. The number of fused-ring (bicyclic) bond motifs is 1. The maximum atomic E-state index is 12.8. The van der Waals surface area contributed by atoms with Gasteiger partial charge in [0.1, 0.15) is 17.3 Å². The zero-order valence-electron chi connectivity index (χ0n) is 19.1. The van der Waals surface area contributed by atoms with Crippen LogP contribution in [0.2, 0.25) is 5.02 Å². The number of benzene rings is 1. The molecule has 0 spiro atoms. The van der Waals surface area contributed by atoms with Gasteiger partial charge in [0.05, 0.1) is 11.1 Å². The zero-order valence-corrected chi connectivity index (χ0v) is 19.9. The summed E-state index contributed by atoms with van der Waals surface area (Å²) in [5.41, 5.74) is 0.346. The average Bonchev–Trinajstić information content (AvgIpc) is 3.11. The molecular weight excluding hydrogens is 456 g/mol. The molecule has 4 rings (SSSR count). The third kappa shape index (κ3) is 5.36. The van der Waals surface area contributed by atoms with Gasteiger partial charge in [-0.1, -0.05) is 43.6 Å². The summed E-state index contributed by atoms with van der Waals surface area (Å²) in [6.45, 7) is 5.47. The van der Waals surface area contributed by atoms with Crippen LogP contribution in [0, 0.1) is 5.92 Å². The van der Waals surface area contributed by atoms with Gasteiger partial charge in [-0.05, 0) is 30.2 Å². The summed E-state index contributed by atoms with van der Waals surface area (Å²) in [4.78, 5) is 31.4. The van der Waals surface area contributed by atoms with Crippen LogP contribution in [0.25, 0.3) is 0 Å². The van der Waals surface area contributed by atoms with Crippen molar-refractivity contribution in [3.05, 3.63) is 71.0 Å². The molecule has 2 amide bonds. The first kappa shape index (κ1) is 23.7. The SMILES string of the molecule is CC(C)C(NC(=O)c1ccccn1)c1nnc2n1CCN(C(=O)COc1ccccc1Cl)CC2. The van der Waals surface area contributed by atoms with Crippen molar-refractivity contribution in [3.63, 3.8) is 0 Å². The lowest BCUT2D eigenvalue weighted by Crippen LogP contribution is -2.37. The molecule has 1 aliphatic heterocycles. The van der Waals surface area contributed by atoms with Crippen molar-refractivity contribution < 1.29 is 14.3 Å². The molecule has 0 radical (unpaired) electrons. The summed E-state index contributed by atoms with van der Waals surface area (Å²) in [6.07, 6.45) is 2.15. The van der Waals surface area contributed by atoms with E-state index in [9.17, 15) is 9.59 Å². The molecule has 10 heteroatoms. The lowest BCUT2D eigenvalue weighted by Gasteiger charge is -2.23. The van der Waals surface area contributed by atoms with Crippen molar-refractivity contribution >= 4 is 23.4 Å². The molecular formula is C24H27ClN6O3. The van der Waals surface area contributed by atoms with E-state index in [1.54, 1.807) is 41.4 Å². The molecule has 9 nitrogen and oxygen atoms in total. The molecule has 1 aromatic carbocycles. The molecule has 1 unspecified atom stereocenters. The van der Waals surface area contributed by atoms with E-state index in [-0.39, 0.29) is 30.4 Å². The monoisotopic (exact) mass is 482 g/mol. The maximum Gasteiger partial charge on any atom is 0.270 e. The molecule has 0 fully saturated rings. The second-order valence-corrected chi connectivity index (χ2v) is 8.79. The first-order valence-electron chi connectivity index (χ1n) is 11.2. The number of carbonyl (C=O) groups is 2. The second kappa shape index (κ2) is 10.6. The second-order valence-electron chi connectivity index (χ2n) is 8.39. The summed E-state index contributed by atoms with van der Waals surface area (Å²) in [5.74, 6) is 1.63. The van der Waals surface area contributed by atoms with E-state index in [4.69, 9.17) is 16.3 Å². The molecule has 34 heavy (non-hydrogen) atoms. The highest BCUT2D eigenvalue weighted by molar-refractivity contribution is 6.32. The van der Waals surface area contributed by atoms with E-state index in [1.807, 2.05) is 30.5 Å². The Morgan fingerprint density at radius 3 is 2.62 bits per heavy atom.